The molecule has 0 radical (unpaired) electrons. The molecule has 0 N–H and O–H groups in total. The van der Waals surface area contributed by atoms with Crippen LogP contribution in [0.2, 0.25) is 0 Å². The van der Waals surface area contributed by atoms with E-state index >= 15 is 0 Å². The van der Waals surface area contributed by atoms with Gasteiger partial charge in [0.05, 0.1) is 12.2 Å². The van der Waals surface area contributed by atoms with Gasteiger partial charge in [-0.05, 0) is 24.1 Å². The predicted octanol–water partition coefficient (Wildman–Crippen LogP) is 7.02. The van der Waals surface area contributed by atoms with Gasteiger partial charge < -0.3 is 9.47 Å². The van der Waals surface area contributed by atoms with Crippen LogP contribution in [0, 0.1) is 5.92 Å². The number of ether oxygens (including phenoxy) is 2. The minimum atomic E-state index is -1.22. The summed E-state index contributed by atoms with van der Waals surface area (Å²) in [6, 6.07) is 37.9. The minimum absolute atomic E-state index is 0.364. The summed E-state index contributed by atoms with van der Waals surface area (Å²) in [5.74, 6) is -0.982. The summed E-state index contributed by atoms with van der Waals surface area (Å²) in [6.07, 6.45) is 2.52. The van der Waals surface area contributed by atoms with Crippen molar-refractivity contribution < 1.29 is 19.1 Å². The van der Waals surface area contributed by atoms with E-state index in [4.69, 9.17) is 9.47 Å². The van der Waals surface area contributed by atoms with Crippen molar-refractivity contribution in [2.75, 3.05) is 0 Å². The highest BCUT2D eigenvalue weighted by Gasteiger charge is 2.59. The Kier molecular flexibility index (Phi) is 7.36. The van der Waals surface area contributed by atoms with Crippen molar-refractivity contribution in [2.45, 2.75) is 25.2 Å². The molecule has 2 amide bonds. The first-order valence-corrected chi connectivity index (χ1v) is 12.7. The molecule has 1 heterocycles. The van der Waals surface area contributed by atoms with Gasteiger partial charge in [-0.1, -0.05) is 121 Å². The van der Waals surface area contributed by atoms with Gasteiger partial charge in [-0.25, -0.2) is 9.69 Å². The van der Waals surface area contributed by atoms with E-state index in [1.807, 2.05) is 121 Å². The first-order valence-electron chi connectivity index (χ1n) is 12.7. The van der Waals surface area contributed by atoms with Crippen LogP contribution in [0.3, 0.4) is 0 Å². The van der Waals surface area contributed by atoms with Crippen molar-refractivity contribution in [1.82, 2.24) is 4.90 Å². The lowest BCUT2D eigenvalue weighted by Crippen LogP contribution is -2.42. The molecule has 5 heteroatoms. The zero-order chi connectivity index (χ0) is 26.4. The molecule has 0 saturated carbocycles. The predicted molar refractivity (Wildman–Crippen MR) is 146 cm³/mol. The number of carbonyl (C=O) groups excluding carboxylic acids is 2. The van der Waals surface area contributed by atoms with Gasteiger partial charge in [-0.2, -0.15) is 0 Å². The average Bonchev–Trinajstić information content (AvgIpc) is 3.30. The van der Waals surface area contributed by atoms with E-state index < -0.39 is 23.7 Å². The van der Waals surface area contributed by atoms with Crippen LogP contribution >= 0.6 is 0 Å². The van der Waals surface area contributed by atoms with Gasteiger partial charge in [0.15, 0.2) is 5.60 Å². The lowest BCUT2D eigenvalue weighted by molar-refractivity contribution is -0.132. The Hall–Kier alpha value is -4.64. The molecule has 0 aromatic heterocycles. The third-order valence-electron chi connectivity index (χ3n) is 6.79. The SMILES string of the molecule is C[C@H](/C=C\OCc1ccccc1)C(=O)N1C(=O)OC(c2ccccc2)(c2ccccc2)[C@H]1c1ccccc1. The molecule has 38 heavy (non-hydrogen) atoms. The standard InChI is InChI=1S/C33H29NO4/c1-25(22-23-37-24-26-14-6-2-7-15-26)31(35)34-30(27-16-8-3-9-17-27)33(38-32(34)36,28-18-10-4-11-19-28)29-20-12-5-13-21-29/h2-23,25,30H,24H2,1H3/b23-22-/t25-,30-/m1/s1. The van der Waals surface area contributed by atoms with Crippen LogP contribution in [0.25, 0.3) is 0 Å². The average molecular weight is 504 g/mol. The second-order valence-electron chi connectivity index (χ2n) is 9.27. The van der Waals surface area contributed by atoms with Crippen molar-refractivity contribution in [3.8, 4) is 0 Å². The first-order chi connectivity index (χ1) is 18.6. The van der Waals surface area contributed by atoms with E-state index in [1.165, 1.54) is 11.2 Å². The van der Waals surface area contributed by atoms with Gasteiger partial charge in [0.25, 0.3) is 0 Å². The maximum atomic E-state index is 13.9. The van der Waals surface area contributed by atoms with Crippen LogP contribution in [-0.4, -0.2) is 16.9 Å². The molecule has 5 rings (SSSR count). The normalized spacial score (nSPS) is 17.2. The summed E-state index contributed by atoms with van der Waals surface area (Å²) in [5, 5.41) is 0. The van der Waals surface area contributed by atoms with Crippen LogP contribution in [0.1, 0.15) is 35.2 Å². The summed E-state index contributed by atoms with van der Waals surface area (Å²) in [6.45, 7) is 2.15. The van der Waals surface area contributed by atoms with E-state index in [0.29, 0.717) is 6.61 Å². The summed E-state index contributed by atoms with van der Waals surface area (Å²) in [4.78, 5) is 28.7. The summed E-state index contributed by atoms with van der Waals surface area (Å²) >= 11 is 0. The Bertz CT molecular complexity index is 1350. The van der Waals surface area contributed by atoms with Gasteiger partial charge in [0.2, 0.25) is 5.91 Å². The van der Waals surface area contributed by atoms with E-state index in [2.05, 4.69) is 0 Å². The zero-order valence-electron chi connectivity index (χ0n) is 21.1. The number of benzene rings is 4. The molecular weight excluding hydrogens is 474 g/mol. The Morgan fingerprint density at radius 2 is 1.34 bits per heavy atom. The summed E-state index contributed by atoms with van der Waals surface area (Å²) < 4.78 is 11.9. The van der Waals surface area contributed by atoms with Gasteiger partial charge in [-0.15, -0.1) is 0 Å². The van der Waals surface area contributed by atoms with Crippen molar-refractivity contribution in [3.05, 3.63) is 156 Å². The van der Waals surface area contributed by atoms with Gasteiger partial charge >= 0.3 is 6.09 Å². The highest BCUT2D eigenvalue weighted by Crippen LogP contribution is 2.52. The molecule has 1 saturated heterocycles. The number of amides is 2. The smallest absolute Gasteiger partial charge is 0.418 e. The van der Waals surface area contributed by atoms with Gasteiger partial charge in [0.1, 0.15) is 12.6 Å². The van der Waals surface area contributed by atoms with Crippen LogP contribution in [0.15, 0.2) is 134 Å². The van der Waals surface area contributed by atoms with Crippen molar-refractivity contribution in [3.63, 3.8) is 0 Å². The second kappa shape index (κ2) is 11.2. The zero-order valence-corrected chi connectivity index (χ0v) is 21.1. The number of nitrogens with zero attached hydrogens (tertiary/aromatic N) is 1. The first kappa shape index (κ1) is 25.0. The van der Waals surface area contributed by atoms with E-state index in [-0.39, 0.29) is 5.91 Å². The van der Waals surface area contributed by atoms with Gasteiger partial charge in [0, 0.05) is 11.1 Å². The van der Waals surface area contributed by atoms with Crippen LogP contribution in [-0.2, 0) is 26.5 Å². The number of carbonyl (C=O) groups is 2. The number of imide groups is 1. The quantitative estimate of drug-likeness (QED) is 0.243. The minimum Gasteiger partial charge on any atom is -0.497 e. The molecule has 0 aliphatic carbocycles. The molecule has 190 valence electrons. The third-order valence-corrected chi connectivity index (χ3v) is 6.79. The van der Waals surface area contributed by atoms with Crippen LogP contribution < -0.4 is 0 Å². The Morgan fingerprint density at radius 1 is 0.842 bits per heavy atom. The fourth-order valence-corrected chi connectivity index (χ4v) is 4.93. The van der Waals surface area contributed by atoms with Crippen molar-refractivity contribution >= 4 is 12.0 Å². The topological polar surface area (TPSA) is 55.8 Å². The molecule has 4 aromatic carbocycles. The molecule has 0 unspecified atom stereocenters. The monoisotopic (exact) mass is 503 g/mol. The Balaban J connectivity index is 1.52. The molecule has 2 atom stereocenters. The van der Waals surface area contributed by atoms with E-state index in [9.17, 15) is 9.59 Å². The molecule has 1 fully saturated rings. The molecule has 1 aliphatic heterocycles. The number of hydrogen-bond donors (Lipinski definition) is 0. The molecular formula is C33H29NO4. The fourth-order valence-electron chi connectivity index (χ4n) is 4.93. The number of cyclic esters (lactones) is 1. The van der Waals surface area contributed by atoms with Gasteiger partial charge in [-0.3, -0.25) is 4.79 Å². The maximum Gasteiger partial charge on any atom is 0.418 e. The summed E-state index contributed by atoms with van der Waals surface area (Å²) in [5.41, 5.74) is 2.19. The highest BCUT2D eigenvalue weighted by atomic mass is 16.6. The maximum absolute atomic E-state index is 13.9. The lowest BCUT2D eigenvalue weighted by atomic mass is 9.77. The highest BCUT2D eigenvalue weighted by molar-refractivity contribution is 5.96. The van der Waals surface area contributed by atoms with Crippen LogP contribution in [0.4, 0.5) is 4.79 Å². The largest absolute Gasteiger partial charge is 0.497 e. The Morgan fingerprint density at radius 3 is 1.89 bits per heavy atom. The molecule has 0 bridgehead atoms. The number of rotatable bonds is 8. The second-order valence-corrected chi connectivity index (χ2v) is 9.27. The fraction of sp³-hybridized carbons (Fsp3) is 0.152. The Labute approximate surface area is 223 Å². The molecule has 0 spiro atoms. The molecule has 5 nitrogen and oxygen atoms in total. The molecule has 1 aliphatic rings. The van der Waals surface area contributed by atoms with Crippen LogP contribution in [0.5, 0.6) is 0 Å². The van der Waals surface area contributed by atoms with E-state index in [1.54, 1.807) is 13.0 Å². The van der Waals surface area contributed by atoms with E-state index in [0.717, 1.165) is 22.3 Å². The third kappa shape index (κ3) is 4.83. The van der Waals surface area contributed by atoms with Crippen molar-refractivity contribution in [2.24, 2.45) is 5.92 Å². The molecule has 4 aromatic rings. The number of hydrogen-bond acceptors (Lipinski definition) is 4. The van der Waals surface area contributed by atoms with Crippen molar-refractivity contribution in [1.29, 1.82) is 0 Å². The lowest BCUT2D eigenvalue weighted by Gasteiger charge is -2.36. The summed E-state index contributed by atoms with van der Waals surface area (Å²) in [7, 11) is 0.